The van der Waals surface area contributed by atoms with Crippen molar-refractivity contribution in [2.24, 2.45) is 29.6 Å². The summed E-state index contributed by atoms with van der Waals surface area (Å²) in [6.07, 6.45) is -0.747. The van der Waals surface area contributed by atoms with E-state index in [0.29, 0.717) is 18.3 Å². The summed E-state index contributed by atoms with van der Waals surface area (Å²) in [5.74, 6) is 6.91. The van der Waals surface area contributed by atoms with Crippen LogP contribution in [0.15, 0.2) is 0 Å². The zero-order chi connectivity index (χ0) is 19.3. The van der Waals surface area contributed by atoms with Gasteiger partial charge in [-0.15, -0.1) is 0 Å². The van der Waals surface area contributed by atoms with Crippen molar-refractivity contribution < 1.29 is 17.6 Å². The van der Waals surface area contributed by atoms with Crippen LogP contribution in [0.2, 0.25) is 0 Å². The molecule has 2 aliphatic rings. The number of hydrogen-bond donors (Lipinski definition) is 0. The second-order valence-electron chi connectivity index (χ2n) is 8.69. The molecule has 0 amide bonds. The molecule has 150 valence electrons. The lowest BCUT2D eigenvalue weighted by atomic mass is 9.74. The summed E-state index contributed by atoms with van der Waals surface area (Å²) >= 11 is 0. The zero-order valence-corrected chi connectivity index (χ0v) is 16.4. The molecule has 0 aliphatic heterocycles. The fourth-order valence-electron chi connectivity index (χ4n) is 4.51. The monoisotopic (exact) mass is 374 g/mol. The number of rotatable bonds is 5. The Bertz CT molecular complexity index is 470. The van der Waals surface area contributed by atoms with Gasteiger partial charge in [-0.25, -0.2) is 17.6 Å². The highest BCUT2D eigenvalue weighted by molar-refractivity contribution is 5.10. The molecular weight excluding hydrogens is 340 g/mol. The second-order valence-corrected chi connectivity index (χ2v) is 8.69. The maximum Gasteiger partial charge on any atom is 0.162 e. The smallest absolute Gasteiger partial charge is 0.162 e. The van der Waals surface area contributed by atoms with Gasteiger partial charge in [0.2, 0.25) is 0 Å². The lowest BCUT2D eigenvalue weighted by molar-refractivity contribution is 0.0297. The first-order chi connectivity index (χ1) is 12.3. The lowest BCUT2D eigenvalue weighted by Crippen LogP contribution is -2.36. The van der Waals surface area contributed by atoms with Crippen molar-refractivity contribution in [3.05, 3.63) is 0 Å². The Labute approximate surface area is 156 Å². The highest BCUT2D eigenvalue weighted by atomic mass is 19.2. The quantitative estimate of drug-likeness (QED) is 0.374. The van der Waals surface area contributed by atoms with Crippen LogP contribution in [0, 0.1) is 41.4 Å². The van der Waals surface area contributed by atoms with Crippen molar-refractivity contribution in [1.82, 2.24) is 0 Å². The summed E-state index contributed by atoms with van der Waals surface area (Å²) < 4.78 is 54.5. The average Bonchev–Trinajstić information content (AvgIpc) is 2.59. The van der Waals surface area contributed by atoms with Gasteiger partial charge in [0.05, 0.1) is 0 Å². The number of alkyl halides is 4. The molecule has 0 N–H and O–H groups in total. The van der Waals surface area contributed by atoms with E-state index in [2.05, 4.69) is 32.6 Å². The Kier molecular flexibility index (Phi) is 8.30. The Balaban J connectivity index is 1.82. The van der Waals surface area contributed by atoms with Gasteiger partial charge >= 0.3 is 0 Å². The molecule has 0 aromatic rings. The van der Waals surface area contributed by atoms with Crippen molar-refractivity contribution in [1.29, 1.82) is 0 Å². The fourth-order valence-corrected chi connectivity index (χ4v) is 4.51. The maximum atomic E-state index is 14.3. The van der Waals surface area contributed by atoms with Gasteiger partial charge in [0.25, 0.3) is 0 Å². The lowest BCUT2D eigenvalue weighted by Gasteiger charge is -2.34. The highest BCUT2D eigenvalue weighted by Gasteiger charge is 2.38. The van der Waals surface area contributed by atoms with Crippen LogP contribution >= 0.6 is 0 Å². The molecule has 2 rings (SSSR count). The van der Waals surface area contributed by atoms with E-state index in [1.54, 1.807) is 0 Å². The molecule has 0 bridgehead atoms. The minimum atomic E-state index is -2.00. The summed E-state index contributed by atoms with van der Waals surface area (Å²) in [4.78, 5) is 0. The van der Waals surface area contributed by atoms with E-state index >= 15 is 0 Å². The van der Waals surface area contributed by atoms with Gasteiger partial charge in [0.15, 0.2) is 6.17 Å². The SMILES string of the molecule is CCC(C#CC1CC(F)C(F)C(F)C1)CCC(C)C1CCC(C)CC1F. The third kappa shape index (κ3) is 5.89. The first kappa shape index (κ1) is 21.6. The summed E-state index contributed by atoms with van der Waals surface area (Å²) in [6.45, 7) is 6.31. The van der Waals surface area contributed by atoms with Crippen LogP contribution in [0.5, 0.6) is 0 Å². The Morgan fingerprint density at radius 1 is 0.923 bits per heavy atom. The van der Waals surface area contributed by atoms with E-state index < -0.39 is 30.6 Å². The molecule has 0 heterocycles. The molecule has 0 nitrogen and oxygen atoms in total. The van der Waals surface area contributed by atoms with Crippen molar-refractivity contribution in [3.63, 3.8) is 0 Å². The van der Waals surface area contributed by atoms with Crippen LogP contribution < -0.4 is 0 Å². The third-order valence-electron chi connectivity index (χ3n) is 6.48. The molecule has 26 heavy (non-hydrogen) atoms. The largest absolute Gasteiger partial charge is 0.247 e. The van der Waals surface area contributed by atoms with Crippen molar-refractivity contribution in [3.8, 4) is 11.8 Å². The van der Waals surface area contributed by atoms with E-state index in [1.165, 1.54) is 0 Å². The van der Waals surface area contributed by atoms with Gasteiger partial charge in [-0.3, -0.25) is 0 Å². The molecule has 0 saturated heterocycles. The fraction of sp³-hybridized carbons (Fsp3) is 0.909. The average molecular weight is 375 g/mol. The topological polar surface area (TPSA) is 0 Å². The van der Waals surface area contributed by atoms with Gasteiger partial charge in [0, 0.05) is 11.8 Å². The Morgan fingerprint density at radius 2 is 1.58 bits per heavy atom. The Hall–Kier alpha value is -0.720. The minimum absolute atomic E-state index is 0.00872. The third-order valence-corrected chi connectivity index (χ3v) is 6.48. The molecule has 2 aliphatic carbocycles. The van der Waals surface area contributed by atoms with Gasteiger partial charge in [-0.1, -0.05) is 39.0 Å². The molecule has 0 spiro atoms. The summed E-state index contributed by atoms with van der Waals surface area (Å²) in [5, 5.41) is 0. The van der Waals surface area contributed by atoms with Crippen LogP contribution in [0.25, 0.3) is 0 Å². The van der Waals surface area contributed by atoms with Crippen LogP contribution in [0.1, 0.15) is 72.1 Å². The summed E-state index contributed by atoms with van der Waals surface area (Å²) in [7, 11) is 0. The van der Waals surface area contributed by atoms with Gasteiger partial charge < -0.3 is 0 Å². The zero-order valence-electron chi connectivity index (χ0n) is 16.4. The van der Waals surface area contributed by atoms with E-state index in [1.807, 2.05) is 0 Å². The van der Waals surface area contributed by atoms with Crippen LogP contribution in [0.4, 0.5) is 17.6 Å². The van der Waals surface area contributed by atoms with Crippen LogP contribution in [-0.4, -0.2) is 24.7 Å². The standard InChI is InChI=1S/C22H34F4/c1-4-16(8-9-17-12-20(24)22(26)21(25)13-17)7-6-15(3)18-10-5-14(2)11-19(18)23/h14-22H,4-7,10-13H2,1-3H3. The molecule has 2 fully saturated rings. The van der Waals surface area contributed by atoms with E-state index in [4.69, 9.17) is 0 Å². The van der Waals surface area contributed by atoms with Crippen molar-refractivity contribution in [2.45, 2.75) is 96.8 Å². The summed E-state index contributed by atoms with van der Waals surface area (Å²) in [6, 6.07) is 0. The van der Waals surface area contributed by atoms with E-state index in [9.17, 15) is 17.6 Å². The molecule has 7 atom stereocenters. The van der Waals surface area contributed by atoms with Crippen LogP contribution in [-0.2, 0) is 0 Å². The maximum absolute atomic E-state index is 14.3. The molecular formula is C22H34F4. The predicted octanol–water partition coefficient (Wildman–Crippen LogP) is 6.63. The van der Waals surface area contributed by atoms with E-state index in [-0.39, 0.29) is 24.7 Å². The second kappa shape index (κ2) is 10.00. The molecule has 0 aromatic heterocycles. The minimum Gasteiger partial charge on any atom is -0.247 e. The number of halogens is 4. The highest BCUT2D eigenvalue weighted by Crippen LogP contribution is 2.37. The molecule has 7 unspecified atom stereocenters. The first-order valence-corrected chi connectivity index (χ1v) is 10.4. The van der Waals surface area contributed by atoms with E-state index in [0.717, 1.165) is 32.1 Å². The number of hydrogen-bond acceptors (Lipinski definition) is 0. The van der Waals surface area contributed by atoms with Gasteiger partial charge in [-0.05, 0) is 62.7 Å². The molecule has 2 saturated carbocycles. The first-order valence-electron chi connectivity index (χ1n) is 10.4. The Morgan fingerprint density at radius 3 is 2.15 bits per heavy atom. The summed E-state index contributed by atoms with van der Waals surface area (Å²) in [5.41, 5.74) is 0. The molecule has 4 heteroatoms. The predicted molar refractivity (Wildman–Crippen MR) is 98.8 cm³/mol. The van der Waals surface area contributed by atoms with Crippen LogP contribution in [0.3, 0.4) is 0 Å². The van der Waals surface area contributed by atoms with Crippen molar-refractivity contribution >= 4 is 0 Å². The normalized spacial score (nSPS) is 40.3. The van der Waals surface area contributed by atoms with Gasteiger partial charge in [0.1, 0.15) is 18.5 Å². The molecule has 0 aromatic carbocycles. The van der Waals surface area contributed by atoms with Crippen molar-refractivity contribution in [2.75, 3.05) is 0 Å². The van der Waals surface area contributed by atoms with Gasteiger partial charge in [-0.2, -0.15) is 0 Å². The molecule has 0 radical (unpaired) electrons.